The second-order valence-corrected chi connectivity index (χ2v) is 10.2. The summed E-state index contributed by atoms with van der Waals surface area (Å²) < 4.78 is 11.8. The van der Waals surface area contributed by atoms with Gasteiger partial charge in [0.15, 0.2) is 10.2 Å². The molecule has 2 aromatic carbocycles. The number of hydrogen-bond acceptors (Lipinski definition) is 6. The van der Waals surface area contributed by atoms with E-state index in [9.17, 15) is 4.79 Å². The number of aromatic nitrogens is 1. The minimum Gasteiger partial charge on any atom is -0.495 e. The number of hydrogen-bond donors (Lipinski definition) is 2. The average molecular weight is 551 g/mol. The van der Waals surface area contributed by atoms with E-state index >= 15 is 0 Å². The molecule has 0 radical (unpaired) electrons. The third-order valence-electron chi connectivity index (χ3n) is 5.80. The number of rotatable bonds is 7. The predicted octanol–water partition coefficient (Wildman–Crippen LogP) is 6.62. The first kappa shape index (κ1) is 25.1. The first-order valence-corrected chi connectivity index (χ1v) is 13.0. The lowest BCUT2D eigenvalue weighted by Gasteiger charge is -2.27. The Bertz CT molecular complexity index is 1430. The van der Waals surface area contributed by atoms with Crippen LogP contribution in [-0.4, -0.2) is 23.1 Å². The van der Waals surface area contributed by atoms with Crippen molar-refractivity contribution in [2.45, 2.75) is 29.0 Å². The number of methoxy groups -OCH3 is 1. The number of ether oxygens (including phenoxy) is 1. The largest absolute Gasteiger partial charge is 0.495 e. The molecule has 2 aromatic heterocycles. The number of carbonyl (C=O) groups excluding carboxylic acids is 1. The first-order chi connectivity index (χ1) is 17.9. The van der Waals surface area contributed by atoms with Crippen LogP contribution < -0.4 is 20.3 Å². The molecule has 3 heterocycles. The number of anilines is 2. The van der Waals surface area contributed by atoms with E-state index < -0.39 is 0 Å². The summed E-state index contributed by atoms with van der Waals surface area (Å²) in [5.74, 6) is 1.07. The van der Waals surface area contributed by atoms with Gasteiger partial charge in [0.1, 0.15) is 17.6 Å². The van der Waals surface area contributed by atoms with Gasteiger partial charge in [0.2, 0.25) is 5.91 Å². The van der Waals surface area contributed by atoms with Gasteiger partial charge in [-0.15, -0.1) is 0 Å². The van der Waals surface area contributed by atoms with Crippen molar-refractivity contribution in [2.24, 2.45) is 0 Å². The van der Waals surface area contributed by atoms with Gasteiger partial charge in [0, 0.05) is 28.7 Å². The van der Waals surface area contributed by atoms with E-state index in [-0.39, 0.29) is 18.0 Å². The predicted molar refractivity (Wildman–Crippen MR) is 150 cm³/mol. The quantitative estimate of drug-likeness (QED) is 0.248. The molecule has 1 fully saturated rings. The highest BCUT2D eigenvalue weighted by molar-refractivity contribution is 7.99. The summed E-state index contributed by atoms with van der Waals surface area (Å²) in [6, 6.07) is 22.2. The van der Waals surface area contributed by atoms with Crippen LogP contribution in [0.2, 0.25) is 5.02 Å². The van der Waals surface area contributed by atoms with Crippen LogP contribution >= 0.6 is 35.6 Å². The van der Waals surface area contributed by atoms with Gasteiger partial charge in [0.25, 0.3) is 0 Å². The molecule has 5 rings (SSSR count). The molecule has 0 bridgehead atoms. The molecule has 1 amide bonds. The Morgan fingerprint density at radius 1 is 1.16 bits per heavy atom. The standard InChI is InChI=1S/C27H23ClN4O3S2/c1-16(33)30-21-15-18(8-11-22(21)34-2)32-26(25(31-27(32)36)20-5-3-4-14-29-20)23-12-13-24(35-23)37-19-9-6-17(28)7-10-19/h3-15,25-26H,1-2H3,(H,30,33)(H,31,36)/t25-,26+/m0/s1. The van der Waals surface area contributed by atoms with Crippen molar-refractivity contribution in [1.82, 2.24) is 10.3 Å². The van der Waals surface area contributed by atoms with E-state index in [0.717, 1.165) is 27.1 Å². The Labute approximate surface area is 229 Å². The molecule has 10 heteroatoms. The molecular weight excluding hydrogens is 528 g/mol. The van der Waals surface area contributed by atoms with Gasteiger partial charge in [-0.3, -0.25) is 9.78 Å². The second kappa shape index (κ2) is 10.8. The van der Waals surface area contributed by atoms with Crippen molar-refractivity contribution in [3.05, 3.63) is 95.5 Å². The maximum atomic E-state index is 11.8. The lowest BCUT2D eigenvalue weighted by atomic mass is 10.0. The van der Waals surface area contributed by atoms with Gasteiger partial charge in [0.05, 0.1) is 24.5 Å². The van der Waals surface area contributed by atoms with Crippen molar-refractivity contribution in [3.63, 3.8) is 0 Å². The zero-order valence-electron chi connectivity index (χ0n) is 20.0. The number of benzene rings is 2. The van der Waals surface area contributed by atoms with E-state index in [1.54, 1.807) is 19.4 Å². The molecule has 37 heavy (non-hydrogen) atoms. The van der Waals surface area contributed by atoms with Crippen molar-refractivity contribution in [1.29, 1.82) is 0 Å². The van der Waals surface area contributed by atoms with E-state index in [1.807, 2.05) is 71.6 Å². The molecule has 7 nitrogen and oxygen atoms in total. The number of pyridine rings is 1. The number of nitrogens with one attached hydrogen (secondary N) is 2. The van der Waals surface area contributed by atoms with E-state index in [1.165, 1.54) is 18.7 Å². The van der Waals surface area contributed by atoms with E-state index in [2.05, 4.69) is 15.6 Å². The first-order valence-electron chi connectivity index (χ1n) is 11.4. The topological polar surface area (TPSA) is 79.6 Å². The molecule has 2 N–H and O–H groups in total. The van der Waals surface area contributed by atoms with Crippen LogP contribution in [0.25, 0.3) is 0 Å². The van der Waals surface area contributed by atoms with Gasteiger partial charge >= 0.3 is 0 Å². The third-order valence-corrected chi connectivity index (χ3v) is 7.29. The van der Waals surface area contributed by atoms with Crippen LogP contribution in [0.4, 0.5) is 11.4 Å². The van der Waals surface area contributed by atoms with Gasteiger partial charge in [-0.2, -0.15) is 0 Å². The maximum absolute atomic E-state index is 11.8. The minimum absolute atomic E-state index is 0.199. The number of halogens is 1. The van der Waals surface area contributed by atoms with Crippen LogP contribution in [0.15, 0.2) is 93.4 Å². The lowest BCUT2D eigenvalue weighted by Crippen LogP contribution is -2.29. The fourth-order valence-corrected chi connectivity index (χ4v) is 5.47. The lowest BCUT2D eigenvalue weighted by molar-refractivity contribution is -0.114. The van der Waals surface area contributed by atoms with Crippen molar-refractivity contribution in [2.75, 3.05) is 17.3 Å². The molecule has 2 atom stereocenters. The van der Waals surface area contributed by atoms with Gasteiger partial charge in [-0.05, 0) is 78.9 Å². The Balaban J connectivity index is 1.54. The summed E-state index contributed by atoms with van der Waals surface area (Å²) in [6.07, 6.45) is 1.76. The van der Waals surface area contributed by atoms with Crippen molar-refractivity contribution < 1.29 is 13.9 Å². The summed E-state index contributed by atoms with van der Waals surface area (Å²) in [6.45, 7) is 1.46. The molecule has 1 aliphatic rings. The molecular formula is C27H23ClN4O3S2. The second-order valence-electron chi connectivity index (χ2n) is 8.28. The Morgan fingerprint density at radius 3 is 2.68 bits per heavy atom. The van der Waals surface area contributed by atoms with E-state index in [4.69, 9.17) is 33.0 Å². The number of thiocarbonyl (C=S) groups is 1. The van der Waals surface area contributed by atoms with Crippen molar-refractivity contribution >= 4 is 58.0 Å². The van der Waals surface area contributed by atoms with Gasteiger partial charge < -0.3 is 24.7 Å². The minimum atomic E-state index is -0.333. The molecule has 4 aromatic rings. The van der Waals surface area contributed by atoms with Crippen LogP contribution in [0.5, 0.6) is 5.75 Å². The summed E-state index contributed by atoms with van der Waals surface area (Å²) in [5.41, 5.74) is 2.15. The fourth-order valence-electron chi connectivity index (χ4n) is 4.22. The average Bonchev–Trinajstić information content (AvgIpc) is 3.49. The normalized spacial score (nSPS) is 16.9. The summed E-state index contributed by atoms with van der Waals surface area (Å²) in [5, 5.41) is 8.19. The molecule has 0 spiro atoms. The zero-order chi connectivity index (χ0) is 25.9. The summed E-state index contributed by atoms with van der Waals surface area (Å²) >= 11 is 13.3. The van der Waals surface area contributed by atoms with Crippen molar-refractivity contribution in [3.8, 4) is 5.75 Å². The Hall–Kier alpha value is -3.53. The highest BCUT2D eigenvalue weighted by Crippen LogP contribution is 2.44. The van der Waals surface area contributed by atoms with Gasteiger partial charge in [-0.1, -0.05) is 29.4 Å². The van der Waals surface area contributed by atoms with Crippen LogP contribution in [-0.2, 0) is 4.79 Å². The Morgan fingerprint density at radius 2 is 1.97 bits per heavy atom. The third kappa shape index (κ3) is 5.44. The Kier molecular flexibility index (Phi) is 7.36. The highest BCUT2D eigenvalue weighted by Gasteiger charge is 2.42. The molecule has 0 aliphatic carbocycles. The van der Waals surface area contributed by atoms with Crippen LogP contribution in [0.3, 0.4) is 0 Å². The SMILES string of the molecule is COc1ccc(N2C(=S)N[C@@H](c3ccccn3)[C@H]2c2ccc(Sc3ccc(Cl)cc3)o2)cc1NC(C)=O. The molecule has 1 aliphatic heterocycles. The van der Waals surface area contributed by atoms with Gasteiger partial charge in [-0.25, -0.2) is 0 Å². The number of carbonyl (C=O) groups is 1. The number of nitrogens with zero attached hydrogens (tertiary/aromatic N) is 2. The molecule has 0 saturated carbocycles. The van der Waals surface area contributed by atoms with Crippen LogP contribution in [0.1, 0.15) is 30.5 Å². The highest BCUT2D eigenvalue weighted by atomic mass is 35.5. The fraction of sp³-hybridized carbons (Fsp3) is 0.148. The number of amides is 1. The summed E-state index contributed by atoms with van der Waals surface area (Å²) in [7, 11) is 1.56. The summed E-state index contributed by atoms with van der Waals surface area (Å²) in [4.78, 5) is 19.4. The zero-order valence-corrected chi connectivity index (χ0v) is 22.4. The maximum Gasteiger partial charge on any atom is 0.221 e. The smallest absolute Gasteiger partial charge is 0.221 e. The molecule has 1 saturated heterocycles. The molecule has 0 unspecified atom stereocenters. The number of furan rings is 1. The van der Waals surface area contributed by atoms with Crippen LogP contribution in [0, 0.1) is 0 Å². The molecule has 188 valence electrons. The van der Waals surface area contributed by atoms with E-state index in [0.29, 0.717) is 21.6 Å². The monoisotopic (exact) mass is 550 g/mol.